The van der Waals surface area contributed by atoms with Crippen molar-refractivity contribution in [1.29, 1.82) is 0 Å². The van der Waals surface area contributed by atoms with Gasteiger partial charge in [0, 0.05) is 6.42 Å². The molecule has 2 heterocycles. The molecule has 4 rings (SSSR count). The molecule has 27 heavy (non-hydrogen) atoms. The normalized spacial score (nSPS) is 19.2. The second-order valence-electron chi connectivity index (χ2n) is 7.60. The van der Waals surface area contributed by atoms with E-state index in [1.165, 1.54) is 0 Å². The Hall–Kier alpha value is -2.95. The van der Waals surface area contributed by atoms with Crippen molar-refractivity contribution in [2.75, 3.05) is 0 Å². The summed E-state index contributed by atoms with van der Waals surface area (Å²) in [4.78, 5) is 31.0. The molecule has 0 radical (unpaired) electrons. The van der Waals surface area contributed by atoms with Gasteiger partial charge >= 0.3 is 0 Å². The van der Waals surface area contributed by atoms with Gasteiger partial charge in [-0.15, -0.1) is 0 Å². The van der Waals surface area contributed by atoms with Crippen LogP contribution in [0, 0.1) is 12.8 Å². The number of nitrogens with zero attached hydrogens (tertiary/aromatic N) is 2. The van der Waals surface area contributed by atoms with E-state index in [-0.39, 0.29) is 23.4 Å². The van der Waals surface area contributed by atoms with E-state index in [0.717, 1.165) is 11.1 Å². The minimum atomic E-state index is -0.595. The molecular weight excluding hydrogens is 338 g/mol. The molecule has 2 aromatic carbocycles. The fourth-order valence-electron chi connectivity index (χ4n) is 3.71. The number of hydrogen-bond donors (Lipinski definition) is 1. The van der Waals surface area contributed by atoms with Crippen molar-refractivity contribution in [3.05, 3.63) is 75.8 Å². The van der Waals surface area contributed by atoms with Gasteiger partial charge in [0.05, 0.1) is 16.9 Å². The number of fused-ring (bicyclic) bond motifs is 2. The third-order valence-corrected chi connectivity index (χ3v) is 5.24. The van der Waals surface area contributed by atoms with E-state index >= 15 is 0 Å². The Morgan fingerprint density at radius 1 is 1.07 bits per heavy atom. The van der Waals surface area contributed by atoms with Gasteiger partial charge in [-0.2, -0.15) is 0 Å². The van der Waals surface area contributed by atoms with Crippen LogP contribution >= 0.6 is 0 Å². The van der Waals surface area contributed by atoms with E-state index in [9.17, 15) is 9.59 Å². The van der Waals surface area contributed by atoms with Gasteiger partial charge in [0.1, 0.15) is 11.9 Å². The fourth-order valence-corrected chi connectivity index (χ4v) is 3.71. The number of amides is 1. The largest absolute Gasteiger partial charge is 0.344 e. The lowest BCUT2D eigenvalue weighted by Crippen LogP contribution is -2.49. The molecule has 0 saturated carbocycles. The average Bonchev–Trinajstić information content (AvgIpc) is 2.65. The first-order valence-corrected chi connectivity index (χ1v) is 9.33. The number of nitrogens with one attached hydrogen (secondary N) is 1. The van der Waals surface area contributed by atoms with Gasteiger partial charge in [-0.05, 0) is 30.5 Å². The van der Waals surface area contributed by atoms with Crippen LogP contribution in [0.25, 0.3) is 10.9 Å². The Labute approximate surface area is 158 Å². The zero-order chi connectivity index (χ0) is 19.1. The van der Waals surface area contributed by atoms with Crippen LogP contribution in [0.3, 0.4) is 0 Å². The van der Waals surface area contributed by atoms with Crippen molar-refractivity contribution in [1.82, 2.24) is 14.9 Å². The van der Waals surface area contributed by atoms with E-state index in [0.29, 0.717) is 23.1 Å². The summed E-state index contributed by atoms with van der Waals surface area (Å²) in [6, 6.07) is 14.5. The number of rotatable bonds is 3. The summed E-state index contributed by atoms with van der Waals surface area (Å²) in [6.45, 7) is 6.08. The molecule has 0 saturated heterocycles. The van der Waals surface area contributed by atoms with Crippen LogP contribution in [0.2, 0.25) is 0 Å². The second-order valence-corrected chi connectivity index (χ2v) is 7.60. The Bertz CT molecular complexity index is 1070. The van der Waals surface area contributed by atoms with Gasteiger partial charge < -0.3 is 5.32 Å². The number of para-hydroxylation sites is 1. The summed E-state index contributed by atoms with van der Waals surface area (Å²) in [5.41, 5.74) is 2.71. The molecule has 0 unspecified atom stereocenters. The van der Waals surface area contributed by atoms with E-state index in [1.54, 1.807) is 10.6 Å². The fraction of sp³-hybridized carbons (Fsp3) is 0.318. The Kier molecular flexibility index (Phi) is 4.30. The van der Waals surface area contributed by atoms with Gasteiger partial charge in [0.25, 0.3) is 5.56 Å². The van der Waals surface area contributed by atoms with Crippen molar-refractivity contribution < 1.29 is 4.79 Å². The second kappa shape index (κ2) is 6.65. The molecule has 1 aromatic heterocycles. The van der Waals surface area contributed by atoms with Gasteiger partial charge in [-0.3, -0.25) is 14.2 Å². The predicted molar refractivity (Wildman–Crippen MR) is 106 cm³/mol. The molecule has 5 nitrogen and oxygen atoms in total. The number of aryl methyl sites for hydroxylation is 1. The topological polar surface area (TPSA) is 64.0 Å². The van der Waals surface area contributed by atoms with E-state index in [1.807, 2.05) is 63.2 Å². The standard InChI is InChI=1S/C22H23N3O2/c1-13(2)19-20-23-17-7-5-4-6-16(17)22(27)25(20)18(21(26)24-19)12-15-10-8-14(3)9-11-15/h4-11,13,18-19H,12H2,1-3H3,(H,24,26)/t18-,19+/m1/s1. The summed E-state index contributed by atoms with van der Waals surface area (Å²) in [7, 11) is 0. The van der Waals surface area contributed by atoms with Crippen molar-refractivity contribution in [3.63, 3.8) is 0 Å². The van der Waals surface area contributed by atoms with Crippen molar-refractivity contribution >= 4 is 16.8 Å². The molecule has 1 aliphatic rings. The summed E-state index contributed by atoms with van der Waals surface area (Å²) < 4.78 is 1.62. The lowest BCUT2D eigenvalue weighted by Gasteiger charge is -2.34. The maximum Gasteiger partial charge on any atom is 0.262 e. The molecule has 0 fully saturated rings. The van der Waals surface area contributed by atoms with Crippen molar-refractivity contribution in [2.45, 2.75) is 39.3 Å². The van der Waals surface area contributed by atoms with Crippen LogP contribution in [0.1, 0.15) is 42.9 Å². The first-order valence-electron chi connectivity index (χ1n) is 9.33. The summed E-state index contributed by atoms with van der Waals surface area (Å²) in [5.74, 6) is 0.653. The smallest absolute Gasteiger partial charge is 0.262 e. The molecule has 2 atom stereocenters. The molecule has 1 amide bonds. The van der Waals surface area contributed by atoms with Crippen molar-refractivity contribution in [3.8, 4) is 0 Å². The number of hydrogen-bond acceptors (Lipinski definition) is 3. The first-order chi connectivity index (χ1) is 13.0. The molecular formula is C22H23N3O2. The zero-order valence-electron chi connectivity index (χ0n) is 15.8. The van der Waals surface area contributed by atoms with Crippen LogP contribution in [0.15, 0.2) is 53.3 Å². The lowest BCUT2D eigenvalue weighted by molar-refractivity contribution is -0.127. The quantitative estimate of drug-likeness (QED) is 0.778. The maximum absolute atomic E-state index is 13.3. The maximum atomic E-state index is 13.3. The Morgan fingerprint density at radius 2 is 1.78 bits per heavy atom. The Morgan fingerprint density at radius 3 is 2.48 bits per heavy atom. The van der Waals surface area contributed by atoms with Crippen LogP contribution < -0.4 is 10.9 Å². The number of carbonyl (C=O) groups is 1. The minimum Gasteiger partial charge on any atom is -0.344 e. The highest BCUT2D eigenvalue weighted by Crippen LogP contribution is 2.29. The monoisotopic (exact) mass is 361 g/mol. The summed E-state index contributed by atoms with van der Waals surface area (Å²) in [5, 5.41) is 3.63. The van der Waals surface area contributed by atoms with Gasteiger partial charge in [0.2, 0.25) is 5.91 Å². The molecule has 1 N–H and O–H groups in total. The molecule has 3 aromatic rings. The van der Waals surface area contributed by atoms with E-state index in [2.05, 4.69) is 5.32 Å². The molecule has 0 aliphatic carbocycles. The number of aromatic nitrogens is 2. The highest BCUT2D eigenvalue weighted by Gasteiger charge is 2.36. The Balaban J connectivity index is 1.90. The van der Waals surface area contributed by atoms with E-state index in [4.69, 9.17) is 4.98 Å². The molecule has 5 heteroatoms. The SMILES string of the molecule is Cc1ccc(C[C@@H]2C(=O)N[C@@H](C(C)C)c3nc4ccccc4c(=O)n32)cc1. The third-order valence-electron chi connectivity index (χ3n) is 5.24. The number of carbonyl (C=O) groups excluding carboxylic acids is 1. The van der Waals surface area contributed by atoms with Gasteiger partial charge in [-0.1, -0.05) is 55.8 Å². The van der Waals surface area contributed by atoms with Crippen LogP contribution in [0.4, 0.5) is 0 Å². The first kappa shape index (κ1) is 17.5. The van der Waals surface area contributed by atoms with Crippen LogP contribution in [0.5, 0.6) is 0 Å². The molecule has 0 spiro atoms. The minimum absolute atomic E-state index is 0.124. The molecule has 1 aliphatic heterocycles. The summed E-state index contributed by atoms with van der Waals surface area (Å²) in [6.07, 6.45) is 0.462. The third kappa shape index (κ3) is 3.03. The molecule has 0 bridgehead atoms. The number of benzene rings is 2. The lowest BCUT2D eigenvalue weighted by atomic mass is 9.96. The zero-order valence-corrected chi connectivity index (χ0v) is 15.8. The predicted octanol–water partition coefficient (Wildman–Crippen LogP) is 3.32. The molecule has 138 valence electrons. The highest BCUT2D eigenvalue weighted by atomic mass is 16.2. The van der Waals surface area contributed by atoms with Gasteiger partial charge in [0.15, 0.2) is 0 Å². The van der Waals surface area contributed by atoms with Crippen molar-refractivity contribution in [2.24, 2.45) is 5.92 Å². The van der Waals surface area contributed by atoms with E-state index < -0.39 is 6.04 Å². The van der Waals surface area contributed by atoms with Gasteiger partial charge in [-0.25, -0.2) is 4.98 Å². The van der Waals surface area contributed by atoms with Crippen LogP contribution in [-0.4, -0.2) is 15.5 Å². The van der Waals surface area contributed by atoms with Crippen LogP contribution in [-0.2, 0) is 11.2 Å². The summed E-state index contributed by atoms with van der Waals surface area (Å²) >= 11 is 0. The highest BCUT2D eigenvalue weighted by molar-refractivity contribution is 5.84. The average molecular weight is 361 g/mol.